The third-order valence-electron chi connectivity index (χ3n) is 3.86. The summed E-state index contributed by atoms with van der Waals surface area (Å²) >= 11 is 1.81. The lowest BCUT2D eigenvalue weighted by Crippen LogP contribution is -2.43. The number of rotatable bonds is 7. The van der Waals surface area contributed by atoms with Crippen LogP contribution in [-0.2, 0) is 6.54 Å². The third-order valence-corrected chi connectivity index (χ3v) is 4.72. The van der Waals surface area contributed by atoms with Crippen molar-refractivity contribution in [2.24, 2.45) is 5.73 Å². The summed E-state index contributed by atoms with van der Waals surface area (Å²) in [4.78, 5) is 8.01. The van der Waals surface area contributed by atoms with Crippen LogP contribution in [0.25, 0.3) is 0 Å². The quantitative estimate of drug-likeness (QED) is 0.845. The first-order valence-corrected chi connectivity index (χ1v) is 8.45. The van der Waals surface area contributed by atoms with E-state index < -0.39 is 0 Å². The highest BCUT2D eigenvalue weighted by Gasteiger charge is 2.27. The minimum Gasteiger partial charge on any atom is -0.326 e. The second-order valence-corrected chi connectivity index (χ2v) is 6.68. The van der Waals surface area contributed by atoms with Crippen molar-refractivity contribution >= 4 is 11.3 Å². The summed E-state index contributed by atoms with van der Waals surface area (Å²) in [5.41, 5.74) is 7.71. The Labute approximate surface area is 131 Å². The normalized spacial score (nSPS) is 14.6. The minimum atomic E-state index is 0.120. The van der Waals surface area contributed by atoms with E-state index in [2.05, 4.69) is 60.3 Å². The summed E-state index contributed by atoms with van der Waals surface area (Å²) in [5.74, 6) is 0. The maximum atomic E-state index is 6.46. The number of thiophene rings is 1. The zero-order valence-corrected chi connectivity index (χ0v) is 13.9. The fourth-order valence-electron chi connectivity index (χ4n) is 2.65. The van der Waals surface area contributed by atoms with Crippen LogP contribution in [0.1, 0.15) is 43.7 Å². The molecule has 2 rings (SSSR count). The van der Waals surface area contributed by atoms with E-state index in [4.69, 9.17) is 5.73 Å². The minimum absolute atomic E-state index is 0.120. The fraction of sp³-hybridized carbons (Fsp3) is 0.471. The molecule has 0 amide bonds. The van der Waals surface area contributed by atoms with Gasteiger partial charge in [-0.05, 0) is 49.4 Å². The number of hydrogen-bond acceptors (Lipinski definition) is 4. The van der Waals surface area contributed by atoms with E-state index in [1.165, 1.54) is 10.4 Å². The summed E-state index contributed by atoms with van der Waals surface area (Å²) in [5, 5.41) is 2.13. The number of pyridine rings is 1. The Balaban J connectivity index is 2.31. The highest BCUT2D eigenvalue weighted by atomic mass is 32.1. The van der Waals surface area contributed by atoms with Gasteiger partial charge in [-0.15, -0.1) is 11.3 Å². The molecule has 2 aromatic rings. The van der Waals surface area contributed by atoms with Crippen molar-refractivity contribution < 1.29 is 0 Å². The van der Waals surface area contributed by atoms with Gasteiger partial charge in [0.15, 0.2) is 0 Å². The average Bonchev–Trinajstić information content (AvgIpc) is 3.00. The van der Waals surface area contributed by atoms with Crippen LogP contribution in [0.3, 0.4) is 0 Å². The fourth-order valence-corrected chi connectivity index (χ4v) is 3.37. The van der Waals surface area contributed by atoms with Gasteiger partial charge in [0.1, 0.15) is 0 Å². The highest BCUT2D eigenvalue weighted by molar-refractivity contribution is 7.09. The molecule has 0 aliphatic heterocycles. The molecule has 2 unspecified atom stereocenters. The Hall–Kier alpha value is -1.23. The van der Waals surface area contributed by atoms with Gasteiger partial charge in [0.05, 0.1) is 6.04 Å². The van der Waals surface area contributed by atoms with Crippen LogP contribution < -0.4 is 5.73 Å². The van der Waals surface area contributed by atoms with Gasteiger partial charge in [-0.1, -0.05) is 13.0 Å². The van der Waals surface area contributed by atoms with Gasteiger partial charge >= 0.3 is 0 Å². The van der Waals surface area contributed by atoms with Gasteiger partial charge in [-0.2, -0.15) is 0 Å². The second kappa shape index (κ2) is 7.69. The van der Waals surface area contributed by atoms with Crippen molar-refractivity contribution in [3.05, 3.63) is 52.5 Å². The Morgan fingerprint density at radius 2 is 1.95 bits per heavy atom. The van der Waals surface area contributed by atoms with Crippen molar-refractivity contribution in [1.29, 1.82) is 0 Å². The van der Waals surface area contributed by atoms with Gasteiger partial charge in [0.25, 0.3) is 0 Å². The zero-order valence-electron chi connectivity index (χ0n) is 13.1. The average molecular weight is 303 g/mol. The molecule has 2 aromatic heterocycles. The van der Waals surface area contributed by atoms with Crippen LogP contribution in [0.5, 0.6) is 0 Å². The molecule has 2 N–H and O–H groups in total. The summed E-state index contributed by atoms with van der Waals surface area (Å²) < 4.78 is 0. The molecule has 0 radical (unpaired) electrons. The first-order valence-electron chi connectivity index (χ1n) is 7.57. The molecule has 2 atom stereocenters. The number of nitrogens with zero attached hydrogens (tertiary/aromatic N) is 2. The van der Waals surface area contributed by atoms with Crippen molar-refractivity contribution in [3.8, 4) is 0 Å². The number of hydrogen-bond donors (Lipinski definition) is 1. The molecule has 0 aliphatic rings. The molecule has 4 heteroatoms. The van der Waals surface area contributed by atoms with Gasteiger partial charge in [-0.25, -0.2) is 0 Å². The number of aromatic nitrogens is 1. The van der Waals surface area contributed by atoms with Crippen LogP contribution in [0.4, 0.5) is 0 Å². The lowest BCUT2D eigenvalue weighted by molar-refractivity contribution is 0.122. The third kappa shape index (κ3) is 4.13. The SMILES string of the molecule is CCC(N)C(c1ccncc1)N(Cc1cccs1)C(C)C. The molecule has 0 saturated carbocycles. The molecule has 2 heterocycles. The van der Waals surface area contributed by atoms with Crippen molar-refractivity contribution in [2.75, 3.05) is 0 Å². The molecule has 0 aliphatic carbocycles. The van der Waals surface area contributed by atoms with E-state index >= 15 is 0 Å². The molecule has 0 spiro atoms. The maximum Gasteiger partial charge on any atom is 0.0506 e. The summed E-state index contributed by atoms with van der Waals surface area (Å²) in [7, 11) is 0. The van der Waals surface area contributed by atoms with Crippen molar-refractivity contribution in [3.63, 3.8) is 0 Å². The molecule has 21 heavy (non-hydrogen) atoms. The second-order valence-electron chi connectivity index (χ2n) is 5.64. The molecule has 0 saturated heterocycles. The Morgan fingerprint density at radius 3 is 2.48 bits per heavy atom. The first-order chi connectivity index (χ1) is 10.1. The van der Waals surface area contributed by atoms with E-state index in [-0.39, 0.29) is 12.1 Å². The summed E-state index contributed by atoms with van der Waals surface area (Å²) in [6.07, 6.45) is 4.67. The topological polar surface area (TPSA) is 42.1 Å². The van der Waals surface area contributed by atoms with E-state index in [9.17, 15) is 0 Å². The van der Waals surface area contributed by atoms with Crippen LogP contribution in [0.15, 0.2) is 42.0 Å². The Morgan fingerprint density at radius 1 is 1.24 bits per heavy atom. The molecule has 3 nitrogen and oxygen atoms in total. The van der Waals surface area contributed by atoms with E-state index in [0.717, 1.165) is 13.0 Å². The molecular weight excluding hydrogens is 278 g/mol. The van der Waals surface area contributed by atoms with E-state index in [1.807, 2.05) is 12.4 Å². The standard InChI is InChI=1S/C17H25N3S/c1-4-16(18)17(14-7-9-19-10-8-14)20(13(2)3)12-15-6-5-11-21-15/h5-11,13,16-17H,4,12,18H2,1-3H3. The largest absolute Gasteiger partial charge is 0.326 e. The molecular formula is C17H25N3S. The van der Waals surface area contributed by atoms with E-state index in [0.29, 0.717) is 6.04 Å². The predicted molar refractivity (Wildman–Crippen MR) is 90.2 cm³/mol. The maximum absolute atomic E-state index is 6.46. The highest BCUT2D eigenvalue weighted by Crippen LogP contribution is 2.29. The summed E-state index contributed by atoms with van der Waals surface area (Å²) in [6.45, 7) is 7.58. The monoisotopic (exact) mass is 303 g/mol. The zero-order chi connectivity index (χ0) is 15.2. The lowest BCUT2D eigenvalue weighted by atomic mass is 9.96. The Kier molecular flexibility index (Phi) is 5.91. The van der Waals surface area contributed by atoms with Gasteiger partial charge < -0.3 is 5.73 Å². The van der Waals surface area contributed by atoms with Gasteiger partial charge in [-0.3, -0.25) is 9.88 Å². The molecule has 0 aromatic carbocycles. The van der Waals surface area contributed by atoms with Gasteiger partial charge in [0, 0.05) is 35.9 Å². The molecule has 0 fully saturated rings. The van der Waals surface area contributed by atoms with Crippen LogP contribution in [-0.4, -0.2) is 22.0 Å². The number of nitrogens with two attached hydrogens (primary N) is 1. The lowest BCUT2D eigenvalue weighted by Gasteiger charge is -2.38. The smallest absolute Gasteiger partial charge is 0.0506 e. The molecule has 0 bridgehead atoms. The van der Waals surface area contributed by atoms with Gasteiger partial charge in [0.2, 0.25) is 0 Å². The van der Waals surface area contributed by atoms with Crippen molar-refractivity contribution in [2.45, 2.75) is 51.9 Å². The van der Waals surface area contributed by atoms with E-state index in [1.54, 1.807) is 11.3 Å². The van der Waals surface area contributed by atoms with Crippen molar-refractivity contribution in [1.82, 2.24) is 9.88 Å². The Bertz CT molecular complexity index is 510. The first kappa shape index (κ1) is 16.1. The van der Waals surface area contributed by atoms with Crippen LogP contribution in [0.2, 0.25) is 0 Å². The van der Waals surface area contributed by atoms with Crippen LogP contribution in [0, 0.1) is 0 Å². The van der Waals surface area contributed by atoms with Crippen LogP contribution >= 0.6 is 11.3 Å². The summed E-state index contributed by atoms with van der Waals surface area (Å²) in [6, 6.07) is 9.26. The molecule has 114 valence electrons. The predicted octanol–water partition coefficient (Wildman–Crippen LogP) is 3.83.